The Labute approximate surface area is 191 Å². The van der Waals surface area contributed by atoms with Crippen molar-refractivity contribution in [1.29, 1.82) is 0 Å². The number of hydrogen-bond donors (Lipinski definition) is 2. The van der Waals surface area contributed by atoms with Crippen molar-refractivity contribution >= 4 is 11.8 Å². The van der Waals surface area contributed by atoms with Crippen LogP contribution in [0.15, 0.2) is 48.5 Å². The second-order valence-corrected chi connectivity index (χ2v) is 9.85. The van der Waals surface area contributed by atoms with Crippen molar-refractivity contribution in [3.63, 3.8) is 0 Å². The van der Waals surface area contributed by atoms with Gasteiger partial charge in [0, 0.05) is 11.8 Å². The minimum Gasteiger partial charge on any atom is -0.349 e. The Bertz CT molecular complexity index is 897. The molecule has 3 aliphatic rings. The molecule has 5 rings (SSSR count). The Kier molecular flexibility index (Phi) is 6.29. The van der Waals surface area contributed by atoms with E-state index in [0.29, 0.717) is 0 Å². The lowest BCUT2D eigenvalue weighted by Crippen LogP contribution is -2.40. The Morgan fingerprint density at radius 1 is 0.594 bits per heavy atom. The van der Waals surface area contributed by atoms with Crippen molar-refractivity contribution in [2.24, 2.45) is 11.8 Å². The number of fused-ring (bicyclic) bond motifs is 2. The first-order valence-corrected chi connectivity index (χ1v) is 12.5. The lowest BCUT2D eigenvalue weighted by Gasteiger charge is -2.32. The van der Waals surface area contributed by atoms with Gasteiger partial charge in [-0.05, 0) is 86.5 Å². The summed E-state index contributed by atoms with van der Waals surface area (Å²) in [5.74, 6) is 0.408. The van der Waals surface area contributed by atoms with Gasteiger partial charge in [0.15, 0.2) is 0 Å². The average Bonchev–Trinajstić information content (AvgIpc) is 2.84. The van der Waals surface area contributed by atoms with E-state index in [9.17, 15) is 9.59 Å². The van der Waals surface area contributed by atoms with Crippen molar-refractivity contribution in [2.75, 3.05) is 0 Å². The smallest absolute Gasteiger partial charge is 0.223 e. The standard InChI is InChI=1S/C28H34N2O2/c31-27(29-25-13-5-9-19-7-1-3-11-23(19)25)21-15-17-22(18-16-21)28(32)30-26-14-6-10-20-8-2-4-12-24(20)26/h1-4,7-8,11-12,21-22,25-26H,5-6,9-10,13-18H2,(H,29,31)(H,30,32)/t21?,22?,25-,26-/m1/s1. The van der Waals surface area contributed by atoms with Gasteiger partial charge in [-0.1, -0.05) is 48.5 Å². The summed E-state index contributed by atoms with van der Waals surface area (Å²) < 4.78 is 0. The quantitative estimate of drug-likeness (QED) is 0.702. The molecule has 2 N–H and O–H groups in total. The molecule has 168 valence electrons. The zero-order chi connectivity index (χ0) is 21.9. The minimum absolute atomic E-state index is 0.0311. The van der Waals surface area contributed by atoms with Gasteiger partial charge in [-0.2, -0.15) is 0 Å². The van der Waals surface area contributed by atoms with Crippen LogP contribution in [0.3, 0.4) is 0 Å². The summed E-state index contributed by atoms with van der Waals surface area (Å²) in [5, 5.41) is 6.65. The second kappa shape index (κ2) is 9.48. The van der Waals surface area contributed by atoms with E-state index < -0.39 is 0 Å². The van der Waals surface area contributed by atoms with E-state index in [0.717, 1.165) is 64.2 Å². The van der Waals surface area contributed by atoms with E-state index in [1.807, 2.05) is 0 Å². The molecule has 0 bridgehead atoms. The van der Waals surface area contributed by atoms with Gasteiger partial charge in [0.1, 0.15) is 0 Å². The number of carbonyl (C=O) groups is 2. The van der Waals surface area contributed by atoms with Crippen LogP contribution >= 0.6 is 0 Å². The van der Waals surface area contributed by atoms with Crippen molar-refractivity contribution in [1.82, 2.24) is 10.6 Å². The highest BCUT2D eigenvalue weighted by molar-refractivity contribution is 5.81. The van der Waals surface area contributed by atoms with Gasteiger partial charge in [0.2, 0.25) is 11.8 Å². The van der Waals surface area contributed by atoms with Gasteiger partial charge in [-0.3, -0.25) is 9.59 Å². The van der Waals surface area contributed by atoms with Crippen molar-refractivity contribution < 1.29 is 9.59 Å². The average molecular weight is 431 g/mol. The molecule has 3 aliphatic carbocycles. The Hall–Kier alpha value is -2.62. The van der Waals surface area contributed by atoms with Gasteiger partial charge in [-0.15, -0.1) is 0 Å². The normalized spacial score (nSPS) is 27.0. The SMILES string of the molecule is O=C(N[C@@H]1CCCc2ccccc21)C1CCC(C(=O)N[C@@H]2CCCc3ccccc32)CC1. The molecule has 0 spiro atoms. The second-order valence-electron chi connectivity index (χ2n) is 9.85. The van der Waals surface area contributed by atoms with Crippen molar-refractivity contribution in [3.8, 4) is 0 Å². The summed E-state index contributed by atoms with van der Waals surface area (Å²) in [7, 11) is 0. The molecule has 2 amide bonds. The fourth-order valence-corrected chi connectivity index (χ4v) is 6.00. The molecule has 0 aliphatic heterocycles. The first-order valence-electron chi connectivity index (χ1n) is 12.5. The molecule has 0 aromatic heterocycles. The number of hydrogen-bond acceptors (Lipinski definition) is 2. The van der Waals surface area contributed by atoms with Crippen LogP contribution in [0.1, 0.15) is 85.7 Å². The van der Waals surface area contributed by atoms with Gasteiger partial charge < -0.3 is 10.6 Å². The predicted octanol–water partition coefficient (Wildman–Crippen LogP) is 5.18. The van der Waals surface area contributed by atoms with Crippen molar-refractivity contribution in [2.45, 2.75) is 76.3 Å². The molecule has 2 aromatic rings. The Morgan fingerprint density at radius 2 is 1.00 bits per heavy atom. The molecule has 2 aromatic carbocycles. The van der Waals surface area contributed by atoms with Gasteiger partial charge >= 0.3 is 0 Å². The van der Waals surface area contributed by atoms with E-state index in [1.165, 1.54) is 22.3 Å². The zero-order valence-corrected chi connectivity index (χ0v) is 18.8. The number of rotatable bonds is 4. The molecular formula is C28H34N2O2. The fraction of sp³-hybridized carbons (Fsp3) is 0.500. The maximum Gasteiger partial charge on any atom is 0.223 e. The first-order chi connectivity index (χ1) is 15.7. The maximum absolute atomic E-state index is 13.0. The maximum atomic E-state index is 13.0. The summed E-state index contributed by atoms with van der Waals surface area (Å²) in [6, 6.07) is 17.3. The highest BCUT2D eigenvalue weighted by Gasteiger charge is 2.33. The molecule has 1 saturated carbocycles. The number of amides is 2. The monoisotopic (exact) mass is 430 g/mol. The molecule has 0 saturated heterocycles. The van der Waals surface area contributed by atoms with Crippen LogP contribution in [-0.4, -0.2) is 11.8 Å². The number of aryl methyl sites for hydroxylation is 2. The molecule has 2 atom stereocenters. The lowest BCUT2D eigenvalue weighted by atomic mass is 9.80. The number of carbonyl (C=O) groups excluding carboxylic acids is 2. The third-order valence-corrected chi connectivity index (χ3v) is 7.84. The zero-order valence-electron chi connectivity index (χ0n) is 18.8. The molecule has 1 fully saturated rings. The molecule has 0 heterocycles. The molecule has 0 unspecified atom stereocenters. The van der Waals surface area contributed by atoms with Crippen LogP contribution in [0, 0.1) is 11.8 Å². The van der Waals surface area contributed by atoms with Crippen LogP contribution < -0.4 is 10.6 Å². The lowest BCUT2D eigenvalue weighted by molar-refractivity contribution is -0.131. The number of nitrogens with one attached hydrogen (secondary N) is 2. The van der Waals surface area contributed by atoms with Crippen LogP contribution in [-0.2, 0) is 22.4 Å². The van der Waals surface area contributed by atoms with E-state index >= 15 is 0 Å². The topological polar surface area (TPSA) is 58.2 Å². The van der Waals surface area contributed by atoms with Crippen LogP contribution in [0.2, 0.25) is 0 Å². The third-order valence-electron chi connectivity index (χ3n) is 7.84. The molecule has 4 heteroatoms. The Balaban J connectivity index is 1.14. The van der Waals surface area contributed by atoms with Gasteiger partial charge in [0.25, 0.3) is 0 Å². The largest absolute Gasteiger partial charge is 0.349 e. The minimum atomic E-state index is 0.0311. The summed E-state index contributed by atoms with van der Waals surface area (Å²) in [4.78, 5) is 26.0. The summed E-state index contributed by atoms with van der Waals surface area (Å²) in [6.07, 6.45) is 9.71. The van der Waals surface area contributed by atoms with Gasteiger partial charge in [-0.25, -0.2) is 0 Å². The third kappa shape index (κ3) is 4.46. The summed E-state index contributed by atoms with van der Waals surface area (Å²) in [5.41, 5.74) is 5.31. The van der Waals surface area contributed by atoms with Crippen LogP contribution in [0.4, 0.5) is 0 Å². The van der Waals surface area contributed by atoms with E-state index in [2.05, 4.69) is 59.2 Å². The van der Waals surface area contributed by atoms with E-state index in [-0.39, 0.29) is 35.7 Å². The molecule has 32 heavy (non-hydrogen) atoms. The van der Waals surface area contributed by atoms with Crippen LogP contribution in [0.5, 0.6) is 0 Å². The Morgan fingerprint density at radius 3 is 1.44 bits per heavy atom. The molecular weight excluding hydrogens is 396 g/mol. The van der Waals surface area contributed by atoms with Crippen molar-refractivity contribution in [3.05, 3.63) is 70.8 Å². The van der Waals surface area contributed by atoms with Crippen LogP contribution in [0.25, 0.3) is 0 Å². The molecule has 0 radical (unpaired) electrons. The first kappa shape index (κ1) is 21.2. The number of benzene rings is 2. The highest BCUT2D eigenvalue weighted by atomic mass is 16.2. The van der Waals surface area contributed by atoms with E-state index in [1.54, 1.807) is 0 Å². The van der Waals surface area contributed by atoms with Gasteiger partial charge in [0.05, 0.1) is 12.1 Å². The van der Waals surface area contributed by atoms with E-state index in [4.69, 9.17) is 0 Å². The fourth-order valence-electron chi connectivity index (χ4n) is 6.00. The molecule has 4 nitrogen and oxygen atoms in total. The highest BCUT2D eigenvalue weighted by Crippen LogP contribution is 2.34. The predicted molar refractivity (Wildman–Crippen MR) is 126 cm³/mol. The summed E-state index contributed by atoms with van der Waals surface area (Å²) in [6.45, 7) is 0. The summed E-state index contributed by atoms with van der Waals surface area (Å²) >= 11 is 0.